The van der Waals surface area contributed by atoms with Gasteiger partial charge in [-0.3, -0.25) is 4.90 Å². The number of piperazine rings is 1. The third-order valence-electron chi connectivity index (χ3n) is 4.45. The molecule has 0 aromatic carbocycles. The van der Waals surface area contributed by atoms with Crippen LogP contribution in [0.4, 0.5) is 11.6 Å². The van der Waals surface area contributed by atoms with Gasteiger partial charge in [0, 0.05) is 44.2 Å². The highest BCUT2D eigenvalue weighted by Crippen LogP contribution is 2.24. The van der Waals surface area contributed by atoms with Crippen molar-refractivity contribution in [3.63, 3.8) is 0 Å². The van der Waals surface area contributed by atoms with Gasteiger partial charge in [0.15, 0.2) is 0 Å². The Morgan fingerprint density at radius 1 is 1.19 bits per heavy atom. The van der Waals surface area contributed by atoms with E-state index in [0.29, 0.717) is 6.04 Å². The number of hydrogen-bond donors (Lipinski definition) is 2. The fraction of sp³-hybridized carbons (Fsp3) is 0.733. The number of nitrogen functional groups attached to an aromatic ring is 1. The molecule has 0 saturated carbocycles. The maximum atomic E-state index is 5.59. The van der Waals surface area contributed by atoms with E-state index in [1.54, 1.807) is 0 Å². The van der Waals surface area contributed by atoms with Gasteiger partial charge in [0.05, 0.1) is 0 Å². The molecule has 1 aliphatic heterocycles. The largest absolute Gasteiger partial charge is 0.354 e. The summed E-state index contributed by atoms with van der Waals surface area (Å²) in [6, 6.07) is 0.658. The minimum atomic E-state index is 0.658. The van der Waals surface area contributed by atoms with Crippen LogP contribution >= 0.6 is 0 Å². The first-order chi connectivity index (χ1) is 10.1. The van der Waals surface area contributed by atoms with E-state index < -0.39 is 0 Å². The predicted octanol–water partition coefficient (Wildman–Crippen LogP) is 1.55. The van der Waals surface area contributed by atoms with Crippen molar-refractivity contribution in [2.75, 3.05) is 36.5 Å². The maximum absolute atomic E-state index is 5.59. The van der Waals surface area contributed by atoms with Gasteiger partial charge < -0.3 is 10.3 Å². The summed E-state index contributed by atoms with van der Waals surface area (Å²) in [7, 11) is 0. The fourth-order valence-electron chi connectivity index (χ4n) is 2.79. The SMILES string of the molecule is CCc1nc(NN)c(C)c(N2CCN(C(C)CC)CC2)n1. The molecule has 118 valence electrons. The first kappa shape index (κ1) is 16.0. The summed E-state index contributed by atoms with van der Waals surface area (Å²) < 4.78 is 0. The molecule has 6 heteroatoms. The minimum Gasteiger partial charge on any atom is -0.354 e. The van der Waals surface area contributed by atoms with Crippen LogP contribution in [-0.2, 0) is 6.42 Å². The molecule has 1 fully saturated rings. The van der Waals surface area contributed by atoms with E-state index in [9.17, 15) is 0 Å². The number of hydrazine groups is 1. The highest BCUT2D eigenvalue weighted by Gasteiger charge is 2.23. The van der Waals surface area contributed by atoms with Crippen LogP contribution in [0.25, 0.3) is 0 Å². The quantitative estimate of drug-likeness (QED) is 0.634. The number of aryl methyl sites for hydroxylation is 1. The third-order valence-corrected chi connectivity index (χ3v) is 4.45. The van der Waals surface area contributed by atoms with Gasteiger partial charge in [-0.25, -0.2) is 15.8 Å². The number of anilines is 2. The molecule has 0 spiro atoms. The van der Waals surface area contributed by atoms with E-state index >= 15 is 0 Å². The van der Waals surface area contributed by atoms with Crippen molar-refractivity contribution < 1.29 is 0 Å². The summed E-state index contributed by atoms with van der Waals surface area (Å²) >= 11 is 0. The molecule has 2 rings (SSSR count). The lowest BCUT2D eigenvalue weighted by molar-refractivity contribution is 0.192. The Labute approximate surface area is 127 Å². The third kappa shape index (κ3) is 3.44. The highest BCUT2D eigenvalue weighted by molar-refractivity contribution is 5.58. The molecule has 0 amide bonds. The van der Waals surface area contributed by atoms with Crippen LogP contribution in [-0.4, -0.2) is 47.1 Å². The Kier molecular flexibility index (Phi) is 5.36. The van der Waals surface area contributed by atoms with Crippen molar-refractivity contribution in [2.24, 2.45) is 5.84 Å². The van der Waals surface area contributed by atoms with E-state index in [-0.39, 0.29) is 0 Å². The number of hydrogen-bond acceptors (Lipinski definition) is 6. The second-order valence-corrected chi connectivity index (χ2v) is 5.72. The van der Waals surface area contributed by atoms with Crippen molar-refractivity contribution >= 4 is 11.6 Å². The topological polar surface area (TPSA) is 70.3 Å². The fourth-order valence-corrected chi connectivity index (χ4v) is 2.79. The lowest BCUT2D eigenvalue weighted by Crippen LogP contribution is -2.50. The smallest absolute Gasteiger partial charge is 0.148 e. The molecule has 1 aliphatic rings. The summed E-state index contributed by atoms with van der Waals surface area (Å²) in [4.78, 5) is 14.1. The molecule has 6 nitrogen and oxygen atoms in total. The van der Waals surface area contributed by atoms with Crippen LogP contribution in [0.5, 0.6) is 0 Å². The van der Waals surface area contributed by atoms with E-state index in [4.69, 9.17) is 10.8 Å². The average molecular weight is 292 g/mol. The second kappa shape index (κ2) is 7.04. The van der Waals surface area contributed by atoms with Gasteiger partial charge in [0.25, 0.3) is 0 Å². The number of nitrogens with zero attached hydrogens (tertiary/aromatic N) is 4. The summed E-state index contributed by atoms with van der Waals surface area (Å²) in [5, 5.41) is 0. The van der Waals surface area contributed by atoms with E-state index in [1.807, 2.05) is 6.92 Å². The van der Waals surface area contributed by atoms with Gasteiger partial charge in [-0.15, -0.1) is 0 Å². The molecule has 3 N–H and O–H groups in total. The number of rotatable bonds is 5. The average Bonchev–Trinajstić information content (AvgIpc) is 2.54. The number of nitrogens with two attached hydrogens (primary N) is 1. The molecular formula is C15H28N6. The maximum Gasteiger partial charge on any atom is 0.148 e. The van der Waals surface area contributed by atoms with Gasteiger partial charge in [-0.1, -0.05) is 13.8 Å². The van der Waals surface area contributed by atoms with Gasteiger partial charge in [0.1, 0.15) is 17.5 Å². The standard InChI is InChI=1S/C15H28N6/c1-5-11(3)20-7-9-21(10-8-20)15-12(4)14(19-16)17-13(6-2)18-15/h11H,5-10,16H2,1-4H3,(H,17,18,19). The van der Waals surface area contributed by atoms with Crippen LogP contribution in [0.2, 0.25) is 0 Å². The lowest BCUT2D eigenvalue weighted by atomic mass is 10.2. The van der Waals surface area contributed by atoms with E-state index in [2.05, 4.69) is 41.0 Å². The van der Waals surface area contributed by atoms with Crippen molar-refractivity contribution in [1.82, 2.24) is 14.9 Å². The Morgan fingerprint density at radius 3 is 2.38 bits per heavy atom. The summed E-state index contributed by atoms with van der Waals surface area (Å²) in [5.41, 5.74) is 3.73. The molecule has 0 radical (unpaired) electrons. The number of nitrogens with one attached hydrogen (secondary N) is 1. The van der Waals surface area contributed by atoms with Gasteiger partial charge in [-0.05, 0) is 20.3 Å². The Bertz CT molecular complexity index is 467. The zero-order chi connectivity index (χ0) is 15.4. The van der Waals surface area contributed by atoms with Crippen molar-refractivity contribution in [3.8, 4) is 0 Å². The molecule has 2 heterocycles. The molecule has 0 bridgehead atoms. The molecule has 1 aromatic rings. The van der Waals surface area contributed by atoms with Gasteiger partial charge in [0.2, 0.25) is 0 Å². The summed E-state index contributed by atoms with van der Waals surface area (Å²) in [5.74, 6) is 8.19. The molecule has 1 atom stereocenters. The molecule has 0 aliphatic carbocycles. The normalized spacial score (nSPS) is 17.9. The van der Waals surface area contributed by atoms with Crippen LogP contribution in [0, 0.1) is 6.92 Å². The Balaban J connectivity index is 2.16. The van der Waals surface area contributed by atoms with Crippen molar-refractivity contribution in [2.45, 2.75) is 46.6 Å². The van der Waals surface area contributed by atoms with E-state index in [1.165, 1.54) is 6.42 Å². The number of aromatic nitrogens is 2. The summed E-state index contributed by atoms with van der Waals surface area (Å²) in [6.45, 7) is 12.8. The van der Waals surface area contributed by atoms with Gasteiger partial charge in [-0.2, -0.15) is 0 Å². The molecule has 1 unspecified atom stereocenters. The van der Waals surface area contributed by atoms with Crippen LogP contribution < -0.4 is 16.2 Å². The van der Waals surface area contributed by atoms with Crippen molar-refractivity contribution in [3.05, 3.63) is 11.4 Å². The zero-order valence-corrected chi connectivity index (χ0v) is 13.7. The second-order valence-electron chi connectivity index (χ2n) is 5.72. The summed E-state index contributed by atoms with van der Waals surface area (Å²) in [6.07, 6.45) is 2.02. The van der Waals surface area contributed by atoms with Crippen LogP contribution in [0.1, 0.15) is 38.6 Å². The molecule has 1 aromatic heterocycles. The Hall–Kier alpha value is -1.40. The highest BCUT2D eigenvalue weighted by atomic mass is 15.3. The lowest BCUT2D eigenvalue weighted by Gasteiger charge is -2.39. The van der Waals surface area contributed by atoms with Crippen LogP contribution in [0.15, 0.2) is 0 Å². The first-order valence-electron chi connectivity index (χ1n) is 7.93. The predicted molar refractivity (Wildman–Crippen MR) is 87.5 cm³/mol. The molecule has 21 heavy (non-hydrogen) atoms. The van der Waals surface area contributed by atoms with E-state index in [0.717, 1.165) is 55.6 Å². The van der Waals surface area contributed by atoms with Gasteiger partial charge >= 0.3 is 0 Å². The first-order valence-corrected chi connectivity index (χ1v) is 7.93. The molecule has 1 saturated heterocycles. The van der Waals surface area contributed by atoms with Crippen molar-refractivity contribution in [1.29, 1.82) is 0 Å². The minimum absolute atomic E-state index is 0.658. The zero-order valence-electron chi connectivity index (χ0n) is 13.7. The monoisotopic (exact) mass is 292 g/mol. The molecular weight excluding hydrogens is 264 g/mol. The van der Waals surface area contributed by atoms with Crippen LogP contribution in [0.3, 0.4) is 0 Å². The Morgan fingerprint density at radius 2 is 1.86 bits per heavy atom.